The highest BCUT2D eigenvalue weighted by Crippen LogP contribution is 2.29. The van der Waals surface area contributed by atoms with Crippen molar-refractivity contribution in [3.63, 3.8) is 0 Å². The van der Waals surface area contributed by atoms with Crippen LogP contribution in [0.15, 0.2) is 67.0 Å². The summed E-state index contributed by atoms with van der Waals surface area (Å²) in [5.41, 5.74) is 2.37. The number of nitrogens with one attached hydrogen (secondary N) is 1. The van der Waals surface area contributed by atoms with E-state index in [0.29, 0.717) is 8.95 Å². The molecular weight excluding hydrogens is 600 g/mol. The predicted molar refractivity (Wildman–Crippen MR) is 126 cm³/mol. The minimum atomic E-state index is -0.971. The van der Waals surface area contributed by atoms with Crippen molar-refractivity contribution in [1.29, 1.82) is 0 Å². The fourth-order valence-corrected chi connectivity index (χ4v) is 3.33. The SMILES string of the molecule is O=C(COc1ccc([N+](=O)[O-])cc1Br)NN=Cc1cc(Br)ccc1OC(=O)c1ccc([N+](=O)[O-])o1. The lowest BCUT2D eigenvalue weighted by Gasteiger charge is -2.08. The molecule has 0 fully saturated rings. The maximum atomic E-state index is 12.3. The van der Waals surface area contributed by atoms with Crippen LogP contribution < -0.4 is 14.9 Å². The van der Waals surface area contributed by atoms with Crippen LogP contribution in [0.4, 0.5) is 11.6 Å². The summed E-state index contributed by atoms with van der Waals surface area (Å²) in [4.78, 5) is 44.4. The molecule has 180 valence electrons. The van der Waals surface area contributed by atoms with Gasteiger partial charge < -0.3 is 13.9 Å². The van der Waals surface area contributed by atoms with Gasteiger partial charge in [0, 0.05) is 22.2 Å². The van der Waals surface area contributed by atoms with Gasteiger partial charge in [-0.15, -0.1) is 0 Å². The van der Waals surface area contributed by atoms with E-state index in [1.807, 2.05) is 0 Å². The minimum absolute atomic E-state index is 0.0429. The summed E-state index contributed by atoms with van der Waals surface area (Å²) in [6, 6.07) is 10.5. The first-order valence-electron chi connectivity index (χ1n) is 9.28. The summed E-state index contributed by atoms with van der Waals surface area (Å²) in [6.45, 7) is -0.439. The van der Waals surface area contributed by atoms with Crippen LogP contribution in [0.1, 0.15) is 16.1 Å². The number of nitrogens with zero attached hydrogens (tertiary/aromatic N) is 3. The zero-order chi connectivity index (χ0) is 25.5. The highest BCUT2D eigenvalue weighted by atomic mass is 79.9. The van der Waals surface area contributed by atoms with Crippen LogP contribution in [0.25, 0.3) is 0 Å². The second kappa shape index (κ2) is 11.3. The minimum Gasteiger partial charge on any atom is -0.483 e. The third-order valence-corrected chi connectivity index (χ3v) is 5.14. The lowest BCUT2D eigenvalue weighted by molar-refractivity contribution is -0.402. The van der Waals surface area contributed by atoms with Gasteiger partial charge in [-0.3, -0.25) is 25.0 Å². The van der Waals surface area contributed by atoms with E-state index >= 15 is 0 Å². The Morgan fingerprint density at radius 1 is 1.03 bits per heavy atom. The Labute approximate surface area is 212 Å². The molecule has 13 nitrogen and oxygen atoms in total. The van der Waals surface area contributed by atoms with Crippen molar-refractivity contribution in [2.24, 2.45) is 5.10 Å². The van der Waals surface area contributed by atoms with Crippen LogP contribution in [0.5, 0.6) is 11.5 Å². The number of rotatable bonds is 9. The van der Waals surface area contributed by atoms with Crippen molar-refractivity contribution in [2.45, 2.75) is 0 Å². The number of carbonyl (C=O) groups is 2. The molecular formula is C20H12Br2N4O9. The molecule has 0 saturated carbocycles. The van der Waals surface area contributed by atoms with Gasteiger partial charge in [-0.2, -0.15) is 5.10 Å². The number of hydrazone groups is 1. The van der Waals surface area contributed by atoms with E-state index in [1.165, 1.54) is 30.5 Å². The lowest BCUT2D eigenvalue weighted by atomic mass is 10.2. The molecule has 35 heavy (non-hydrogen) atoms. The standard InChI is InChI=1S/C20H12Br2N4O9/c21-12-1-3-15(35-20(28)17-5-6-19(34-17)26(31)32)11(7-12)9-23-24-18(27)10-33-16-4-2-13(25(29)30)8-14(16)22/h1-9H,10H2,(H,24,27). The number of amides is 1. The van der Waals surface area contributed by atoms with Crippen LogP contribution in [-0.2, 0) is 4.79 Å². The molecule has 15 heteroatoms. The monoisotopic (exact) mass is 610 g/mol. The van der Waals surface area contributed by atoms with Gasteiger partial charge in [0.25, 0.3) is 11.6 Å². The second-order valence-corrected chi connectivity index (χ2v) is 8.19. The molecule has 0 saturated heterocycles. The number of esters is 1. The van der Waals surface area contributed by atoms with Crippen molar-refractivity contribution in [3.05, 3.63) is 89.0 Å². The summed E-state index contributed by atoms with van der Waals surface area (Å²) in [5.74, 6) is -2.33. The summed E-state index contributed by atoms with van der Waals surface area (Å²) < 4.78 is 16.3. The van der Waals surface area contributed by atoms with Crippen molar-refractivity contribution in [2.75, 3.05) is 6.61 Å². The normalized spacial score (nSPS) is 10.7. The number of hydrogen-bond acceptors (Lipinski definition) is 10. The van der Waals surface area contributed by atoms with E-state index in [2.05, 4.69) is 42.4 Å². The number of nitro groups is 2. The summed E-state index contributed by atoms with van der Waals surface area (Å²) >= 11 is 6.40. The van der Waals surface area contributed by atoms with Crippen LogP contribution in [-0.4, -0.2) is 34.5 Å². The first-order valence-corrected chi connectivity index (χ1v) is 10.9. The van der Waals surface area contributed by atoms with Crippen LogP contribution in [0.2, 0.25) is 0 Å². The van der Waals surface area contributed by atoms with Crippen molar-refractivity contribution >= 4 is 61.5 Å². The molecule has 2 aromatic carbocycles. The molecule has 0 bridgehead atoms. The Morgan fingerprint density at radius 2 is 1.77 bits per heavy atom. The Bertz CT molecular complexity index is 1340. The third-order valence-electron chi connectivity index (χ3n) is 4.03. The fraction of sp³-hybridized carbons (Fsp3) is 0.0500. The number of halogens is 2. The van der Waals surface area contributed by atoms with Crippen molar-refractivity contribution < 1.29 is 33.3 Å². The van der Waals surface area contributed by atoms with Gasteiger partial charge in [-0.05, 0) is 46.3 Å². The summed E-state index contributed by atoms with van der Waals surface area (Å²) in [6.07, 6.45) is 1.21. The van der Waals surface area contributed by atoms with Gasteiger partial charge in [0.2, 0.25) is 5.76 Å². The number of benzene rings is 2. The third kappa shape index (κ3) is 6.94. The molecule has 3 aromatic rings. The van der Waals surface area contributed by atoms with Gasteiger partial charge in [0.15, 0.2) is 6.61 Å². The Kier molecular flexibility index (Phi) is 8.27. The first-order chi connectivity index (χ1) is 16.6. The smallest absolute Gasteiger partial charge is 0.433 e. The average Bonchev–Trinajstić information content (AvgIpc) is 3.31. The molecule has 0 unspecified atom stereocenters. The van der Waals surface area contributed by atoms with Gasteiger partial charge in [-0.1, -0.05) is 15.9 Å². The molecule has 1 N–H and O–H groups in total. The van der Waals surface area contributed by atoms with E-state index in [-0.39, 0.29) is 28.5 Å². The highest BCUT2D eigenvalue weighted by molar-refractivity contribution is 9.10. The molecule has 3 rings (SSSR count). The molecule has 1 heterocycles. The van der Waals surface area contributed by atoms with Gasteiger partial charge in [0.05, 0.1) is 21.7 Å². The summed E-state index contributed by atoms with van der Waals surface area (Å²) in [5, 5.41) is 25.3. The fourth-order valence-electron chi connectivity index (χ4n) is 2.47. The molecule has 1 amide bonds. The van der Waals surface area contributed by atoms with Gasteiger partial charge in [0.1, 0.15) is 16.4 Å². The number of furan rings is 1. The maximum Gasteiger partial charge on any atom is 0.433 e. The maximum absolute atomic E-state index is 12.3. The molecule has 0 aliphatic heterocycles. The van der Waals surface area contributed by atoms with Crippen molar-refractivity contribution in [1.82, 2.24) is 5.43 Å². The van der Waals surface area contributed by atoms with Gasteiger partial charge in [-0.25, -0.2) is 10.2 Å². The largest absolute Gasteiger partial charge is 0.483 e. The number of carbonyl (C=O) groups excluding carboxylic acids is 2. The molecule has 0 aliphatic rings. The molecule has 0 spiro atoms. The zero-order valence-corrected chi connectivity index (χ0v) is 20.3. The zero-order valence-electron chi connectivity index (χ0n) is 17.2. The number of hydrogen-bond donors (Lipinski definition) is 1. The molecule has 0 aliphatic carbocycles. The van der Waals surface area contributed by atoms with E-state index < -0.39 is 34.2 Å². The summed E-state index contributed by atoms with van der Waals surface area (Å²) in [7, 11) is 0. The second-order valence-electron chi connectivity index (χ2n) is 6.42. The molecule has 0 radical (unpaired) electrons. The van der Waals surface area contributed by atoms with E-state index in [1.54, 1.807) is 12.1 Å². The molecule has 1 aromatic heterocycles. The van der Waals surface area contributed by atoms with Crippen LogP contribution >= 0.6 is 31.9 Å². The van der Waals surface area contributed by atoms with Crippen LogP contribution in [0.3, 0.4) is 0 Å². The first kappa shape index (κ1) is 25.5. The topological polar surface area (TPSA) is 176 Å². The van der Waals surface area contributed by atoms with Crippen molar-refractivity contribution in [3.8, 4) is 11.5 Å². The van der Waals surface area contributed by atoms with Crippen LogP contribution in [0, 0.1) is 20.2 Å². The number of ether oxygens (including phenoxy) is 2. The Balaban J connectivity index is 1.61. The molecule has 0 atom stereocenters. The average molecular weight is 612 g/mol. The predicted octanol–water partition coefficient (Wildman–Crippen LogP) is 4.37. The van der Waals surface area contributed by atoms with E-state index in [0.717, 1.165) is 12.1 Å². The number of non-ortho nitro benzene ring substituents is 1. The van der Waals surface area contributed by atoms with E-state index in [4.69, 9.17) is 13.9 Å². The number of nitro benzene ring substituents is 1. The lowest BCUT2D eigenvalue weighted by Crippen LogP contribution is -2.24. The van der Waals surface area contributed by atoms with E-state index in [9.17, 15) is 29.8 Å². The quantitative estimate of drug-likeness (QED) is 0.121. The Morgan fingerprint density at radius 3 is 2.43 bits per heavy atom. The highest BCUT2D eigenvalue weighted by Gasteiger charge is 2.20. The van der Waals surface area contributed by atoms with Gasteiger partial charge >= 0.3 is 11.9 Å². The Hall–Kier alpha value is -4.11.